The molecule has 2 rings (SSSR count). The lowest BCUT2D eigenvalue weighted by Gasteiger charge is -2.27. The normalized spacial score (nSPS) is 18.3. The molecule has 130 valence electrons. The maximum Gasteiger partial charge on any atom is 0.178 e. The molecule has 1 aliphatic rings. The molecule has 1 heterocycles. The molecule has 0 amide bonds. The number of benzene rings is 1. The molecule has 0 spiro atoms. The van der Waals surface area contributed by atoms with Gasteiger partial charge < -0.3 is 9.64 Å². The Morgan fingerprint density at radius 2 is 2.00 bits per heavy atom. The van der Waals surface area contributed by atoms with Crippen LogP contribution in [-0.2, 0) is 21.0 Å². The minimum absolute atomic E-state index is 0.242. The van der Waals surface area contributed by atoms with E-state index in [2.05, 4.69) is 47.4 Å². The topological polar surface area (TPSA) is 46.6 Å². The number of anilines is 1. The SMILES string of the molecule is CC1Cc2ccc(Br)c(S(C)(=O)=O)c2N1COCC[Si](C)(C)C. The van der Waals surface area contributed by atoms with Gasteiger partial charge in [-0.25, -0.2) is 8.42 Å². The van der Waals surface area contributed by atoms with E-state index in [0.717, 1.165) is 30.3 Å². The predicted molar refractivity (Wildman–Crippen MR) is 102 cm³/mol. The molecule has 4 nitrogen and oxygen atoms in total. The van der Waals surface area contributed by atoms with E-state index in [1.807, 2.05) is 12.1 Å². The van der Waals surface area contributed by atoms with Crippen molar-refractivity contribution in [2.24, 2.45) is 0 Å². The zero-order valence-electron chi connectivity index (χ0n) is 14.5. The van der Waals surface area contributed by atoms with E-state index in [1.54, 1.807) is 0 Å². The van der Waals surface area contributed by atoms with E-state index < -0.39 is 17.9 Å². The monoisotopic (exact) mass is 419 g/mol. The standard InChI is InChI=1S/C16H26BrNO3SSi/c1-12-10-13-6-7-14(17)16(22(2,19)20)15(13)18(12)11-21-8-9-23(3,4)5/h6-7,12H,8-11H2,1-5H3. The molecule has 0 aromatic heterocycles. The summed E-state index contributed by atoms with van der Waals surface area (Å²) >= 11 is 3.40. The molecule has 0 saturated carbocycles. The minimum Gasteiger partial charge on any atom is -0.361 e. The molecule has 0 N–H and O–H groups in total. The van der Waals surface area contributed by atoms with Crippen LogP contribution in [0.15, 0.2) is 21.5 Å². The zero-order valence-corrected chi connectivity index (χ0v) is 17.9. The fraction of sp³-hybridized carbons (Fsp3) is 0.625. The van der Waals surface area contributed by atoms with Crippen LogP contribution in [0.1, 0.15) is 12.5 Å². The molecule has 7 heteroatoms. The Morgan fingerprint density at radius 1 is 1.35 bits per heavy atom. The first-order valence-corrected chi connectivity index (χ1v) is 14.3. The summed E-state index contributed by atoms with van der Waals surface area (Å²) in [7, 11) is -4.43. The maximum absolute atomic E-state index is 12.2. The van der Waals surface area contributed by atoms with Crippen LogP contribution in [0.2, 0.25) is 25.7 Å². The summed E-state index contributed by atoms with van der Waals surface area (Å²) in [4.78, 5) is 2.47. The highest BCUT2D eigenvalue weighted by molar-refractivity contribution is 9.10. The molecule has 0 radical (unpaired) electrons. The van der Waals surface area contributed by atoms with Gasteiger partial charge in [-0.3, -0.25) is 0 Å². The van der Waals surface area contributed by atoms with Crippen LogP contribution >= 0.6 is 15.9 Å². The maximum atomic E-state index is 12.2. The van der Waals surface area contributed by atoms with Gasteiger partial charge in [0.05, 0.1) is 5.69 Å². The third-order valence-electron chi connectivity index (χ3n) is 4.10. The molecule has 0 fully saturated rings. The van der Waals surface area contributed by atoms with Gasteiger partial charge in [0, 0.05) is 31.5 Å². The third kappa shape index (κ3) is 4.58. The van der Waals surface area contributed by atoms with Crippen LogP contribution in [0.5, 0.6) is 0 Å². The van der Waals surface area contributed by atoms with Crippen LogP contribution < -0.4 is 4.90 Å². The van der Waals surface area contributed by atoms with Crippen molar-refractivity contribution in [2.75, 3.05) is 24.5 Å². The molecular weight excluding hydrogens is 394 g/mol. The quantitative estimate of drug-likeness (QED) is 0.517. The first-order valence-electron chi connectivity index (χ1n) is 7.86. The highest BCUT2D eigenvalue weighted by Crippen LogP contribution is 2.41. The number of hydrogen-bond acceptors (Lipinski definition) is 4. The lowest BCUT2D eigenvalue weighted by molar-refractivity contribution is 0.143. The number of halogens is 1. The number of fused-ring (bicyclic) bond motifs is 1. The second-order valence-electron chi connectivity index (χ2n) is 7.53. The molecule has 1 unspecified atom stereocenters. The Balaban J connectivity index is 2.24. The molecule has 1 atom stereocenters. The highest BCUT2D eigenvalue weighted by atomic mass is 79.9. The van der Waals surface area contributed by atoms with Crippen LogP contribution in [-0.4, -0.2) is 42.1 Å². The van der Waals surface area contributed by atoms with Crippen molar-refractivity contribution in [3.8, 4) is 0 Å². The second kappa shape index (κ2) is 6.86. The van der Waals surface area contributed by atoms with E-state index in [1.165, 1.54) is 6.26 Å². The summed E-state index contributed by atoms with van der Waals surface area (Å²) in [6.45, 7) is 10.3. The van der Waals surface area contributed by atoms with E-state index in [4.69, 9.17) is 4.74 Å². The Morgan fingerprint density at radius 3 is 2.57 bits per heavy atom. The molecule has 1 aliphatic heterocycles. The predicted octanol–water partition coefficient (Wildman–Crippen LogP) is 3.92. The molecule has 1 aromatic rings. The lowest BCUT2D eigenvalue weighted by atomic mass is 10.1. The summed E-state index contributed by atoms with van der Waals surface area (Å²) in [5.41, 5.74) is 1.89. The molecule has 0 saturated heterocycles. The van der Waals surface area contributed by atoms with Gasteiger partial charge in [0.15, 0.2) is 9.84 Å². The largest absolute Gasteiger partial charge is 0.361 e. The average molecular weight is 420 g/mol. The van der Waals surface area contributed by atoms with Gasteiger partial charge in [0.1, 0.15) is 11.6 Å². The van der Waals surface area contributed by atoms with Crippen LogP contribution in [0, 0.1) is 0 Å². The Kier molecular flexibility index (Phi) is 5.65. The molecule has 0 aliphatic carbocycles. The van der Waals surface area contributed by atoms with Gasteiger partial charge >= 0.3 is 0 Å². The van der Waals surface area contributed by atoms with Crippen molar-refractivity contribution in [3.63, 3.8) is 0 Å². The van der Waals surface area contributed by atoms with Crippen LogP contribution in [0.3, 0.4) is 0 Å². The van der Waals surface area contributed by atoms with Crippen molar-refractivity contribution < 1.29 is 13.2 Å². The summed E-state index contributed by atoms with van der Waals surface area (Å²) < 4.78 is 31.0. The van der Waals surface area contributed by atoms with Crippen molar-refractivity contribution >= 4 is 39.5 Å². The van der Waals surface area contributed by atoms with E-state index in [9.17, 15) is 8.42 Å². The van der Waals surface area contributed by atoms with Crippen molar-refractivity contribution in [1.29, 1.82) is 0 Å². The Labute approximate surface area is 149 Å². The van der Waals surface area contributed by atoms with Crippen LogP contribution in [0.4, 0.5) is 5.69 Å². The number of nitrogens with zero attached hydrogens (tertiary/aromatic N) is 1. The van der Waals surface area contributed by atoms with Crippen molar-refractivity contribution in [2.45, 2.75) is 50.0 Å². The van der Waals surface area contributed by atoms with E-state index >= 15 is 0 Å². The Hall–Kier alpha value is -0.373. The fourth-order valence-electron chi connectivity index (χ4n) is 2.80. The summed E-state index contributed by atoms with van der Waals surface area (Å²) in [5.74, 6) is 0. The highest BCUT2D eigenvalue weighted by Gasteiger charge is 2.33. The van der Waals surface area contributed by atoms with E-state index in [-0.39, 0.29) is 6.04 Å². The molecule has 23 heavy (non-hydrogen) atoms. The van der Waals surface area contributed by atoms with Crippen molar-refractivity contribution in [3.05, 3.63) is 22.2 Å². The van der Waals surface area contributed by atoms with Crippen LogP contribution in [0.25, 0.3) is 0 Å². The van der Waals surface area contributed by atoms with E-state index in [0.29, 0.717) is 16.1 Å². The smallest absolute Gasteiger partial charge is 0.178 e. The zero-order chi connectivity index (χ0) is 17.4. The second-order valence-corrected chi connectivity index (χ2v) is 16.0. The minimum atomic E-state index is -3.31. The molecule has 1 aromatic carbocycles. The molecule has 0 bridgehead atoms. The Bertz CT molecular complexity index is 685. The summed E-state index contributed by atoms with van der Waals surface area (Å²) in [6.07, 6.45) is 2.11. The molecular formula is C16H26BrNO3SSi. The number of ether oxygens (including phenoxy) is 1. The first kappa shape index (κ1) is 19.0. The lowest BCUT2D eigenvalue weighted by Crippen LogP contribution is -2.33. The third-order valence-corrected chi connectivity index (χ3v) is 7.88. The number of hydrogen-bond donors (Lipinski definition) is 0. The van der Waals surface area contributed by atoms with Gasteiger partial charge in [0.2, 0.25) is 0 Å². The first-order chi connectivity index (χ1) is 10.5. The van der Waals surface area contributed by atoms with Crippen molar-refractivity contribution in [1.82, 2.24) is 0 Å². The summed E-state index contributed by atoms with van der Waals surface area (Å²) in [6, 6.07) is 5.19. The number of rotatable bonds is 6. The van der Waals surface area contributed by atoms with Gasteiger partial charge in [-0.2, -0.15) is 0 Å². The summed E-state index contributed by atoms with van der Waals surface area (Å²) in [5, 5.41) is 0. The van der Waals surface area contributed by atoms with Gasteiger partial charge in [-0.1, -0.05) is 25.7 Å². The number of sulfone groups is 1. The van der Waals surface area contributed by atoms with Gasteiger partial charge in [-0.05, 0) is 46.9 Å². The average Bonchev–Trinajstić information content (AvgIpc) is 2.68. The fourth-order valence-corrected chi connectivity index (χ4v) is 5.78. The van der Waals surface area contributed by atoms with Gasteiger partial charge in [-0.15, -0.1) is 0 Å². The van der Waals surface area contributed by atoms with Gasteiger partial charge in [0.25, 0.3) is 0 Å².